The lowest BCUT2D eigenvalue weighted by Crippen LogP contribution is -2.41. The van der Waals surface area contributed by atoms with Gasteiger partial charge in [0, 0.05) is 18.5 Å². The van der Waals surface area contributed by atoms with Crippen LogP contribution in [0, 0.1) is 0 Å². The van der Waals surface area contributed by atoms with Crippen LogP contribution in [-0.4, -0.2) is 35.7 Å². The number of halogens is 3. The number of nitrogens with one attached hydrogen (secondary N) is 1. The number of hydrogen-bond donors (Lipinski definition) is 2. The molecule has 0 fully saturated rings. The molecule has 9 heteroatoms. The third kappa shape index (κ3) is 9.34. The van der Waals surface area contributed by atoms with E-state index in [9.17, 15) is 22.8 Å². The number of carboxylic acid groups (broad SMARTS) is 1. The standard InChI is InChI=1S/C31H36F3NO5/c1-3-4-5-9-12-27(24-13-15-25(16-14-24)29(38)35-20-18-28(36)37)39-30(40-31(32,33)34)19-17-26(22(2)21-30)23-10-7-6-8-11-23/h6-8,10-11,13-17,19,27H,3-5,9,12,18,20-21H2,1-2H3,(H,35,38)(H,36,37). The van der Waals surface area contributed by atoms with E-state index in [2.05, 4.69) is 17.0 Å². The molecule has 1 amide bonds. The average Bonchev–Trinajstić information content (AvgIpc) is 2.90. The number of unbranched alkanes of at least 4 members (excludes halogenated alkanes) is 3. The summed E-state index contributed by atoms with van der Waals surface area (Å²) in [5.74, 6) is -3.51. The van der Waals surface area contributed by atoms with Gasteiger partial charge in [0.15, 0.2) is 0 Å². The second-order valence-electron chi connectivity index (χ2n) is 9.91. The average molecular weight is 560 g/mol. The van der Waals surface area contributed by atoms with Gasteiger partial charge >= 0.3 is 12.3 Å². The van der Waals surface area contributed by atoms with Crippen molar-refractivity contribution in [1.82, 2.24) is 5.32 Å². The maximum atomic E-state index is 13.7. The Kier molecular flexibility index (Phi) is 11.1. The maximum Gasteiger partial charge on any atom is 0.525 e. The van der Waals surface area contributed by atoms with Crippen molar-refractivity contribution in [1.29, 1.82) is 0 Å². The van der Waals surface area contributed by atoms with Crippen LogP contribution in [0.3, 0.4) is 0 Å². The van der Waals surface area contributed by atoms with Crippen LogP contribution >= 0.6 is 0 Å². The molecule has 1 aliphatic rings. The number of amides is 1. The summed E-state index contributed by atoms with van der Waals surface area (Å²) >= 11 is 0. The van der Waals surface area contributed by atoms with E-state index in [-0.39, 0.29) is 19.4 Å². The van der Waals surface area contributed by atoms with Crippen LogP contribution in [0.15, 0.2) is 72.3 Å². The maximum absolute atomic E-state index is 13.7. The minimum absolute atomic E-state index is 0.0133. The molecule has 6 nitrogen and oxygen atoms in total. The number of ether oxygens (including phenoxy) is 2. The van der Waals surface area contributed by atoms with E-state index in [4.69, 9.17) is 9.84 Å². The highest BCUT2D eigenvalue weighted by molar-refractivity contribution is 5.94. The predicted molar refractivity (Wildman–Crippen MR) is 146 cm³/mol. The molecule has 0 saturated carbocycles. The summed E-state index contributed by atoms with van der Waals surface area (Å²) in [5, 5.41) is 11.3. The summed E-state index contributed by atoms with van der Waals surface area (Å²) in [6, 6.07) is 15.8. The molecule has 216 valence electrons. The second-order valence-corrected chi connectivity index (χ2v) is 9.91. The van der Waals surface area contributed by atoms with Crippen molar-refractivity contribution in [3.8, 4) is 0 Å². The van der Waals surface area contributed by atoms with Crippen LogP contribution in [0.4, 0.5) is 13.2 Å². The zero-order valence-electron chi connectivity index (χ0n) is 22.8. The minimum atomic E-state index is -4.93. The van der Waals surface area contributed by atoms with Crippen molar-refractivity contribution < 1.29 is 37.3 Å². The Bertz CT molecular complexity index is 1190. The zero-order valence-corrected chi connectivity index (χ0v) is 22.8. The number of carbonyl (C=O) groups excluding carboxylic acids is 1. The van der Waals surface area contributed by atoms with Crippen LogP contribution < -0.4 is 5.32 Å². The number of carboxylic acids is 1. The predicted octanol–water partition coefficient (Wildman–Crippen LogP) is 7.59. The van der Waals surface area contributed by atoms with Crippen molar-refractivity contribution in [2.75, 3.05) is 6.54 Å². The van der Waals surface area contributed by atoms with Gasteiger partial charge in [-0.05, 0) is 48.3 Å². The molecular weight excluding hydrogens is 523 g/mol. The summed E-state index contributed by atoms with van der Waals surface area (Å²) in [4.78, 5) is 23.1. The highest BCUT2D eigenvalue weighted by Gasteiger charge is 2.46. The molecule has 40 heavy (non-hydrogen) atoms. The first-order chi connectivity index (χ1) is 19.0. The number of aliphatic carboxylic acids is 1. The third-order valence-corrected chi connectivity index (χ3v) is 6.68. The molecule has 2 aromatic carbocycles. The first kappa shape index (κ1) is 31.1. The van der Waals surface area contributed by atoms with Gasteiger partial charge in [-0.15, -0.1) is 13.2 Å². The monoisotopic (exact) mass is 559 g/mol. The molecule has 0 saturated heterocycles. The summed E-state index contributed by atoms with van der Waals surface area (Å²) in [6.07, 6.45) is 1.12. The van der Waals surface area contributed by atoms with Gasteiger partial charge in [-0.1, -0.05) is 86.7 Å². The summed E-state index contributed by atoms with van der Waals surface area (Å²) in [6.45, 7) is 3.84. The highest BCUT2D eigenvalue weighted by atomic mass is 19.4. The third-order valence-electron chi connectivity index (χ3n) is 6.68. The smallest absolute Gasteiger partial charge is 0.481 e. The van der Waals surface area contributed by atoms with E-state index in [1.165, 1.54) is 6.08 Å². The number of alkyl halides is 3. The molecule has 0 heterocycles. The van der Waals surface area contributed by atoms with E-state index in [1.807, 2.05) is 30.3 Å². The molecule has 0 bridgehead atoms. The van der Waals surface area contributed by atoms with Gasteiger partial charge < -0.3 is 15.2 Å². The molecule has 1 aliphatic carbocycles. The molecule has 0 spiro atoms. The van der Waals surface area contributed by atoms with E-state index >= 15 is 0 Å². The quantitative estimate of drug-likeness (QED) is 0.184. The molecule has 2 atom stereocenters. The minimum Gasteiger partial charge on any atom is -0.481 e. The lowest BCUT2D eigenvalue weighted by Gasteiger charge is -2.38. The SMILES string of the molecule is CCCCCCC(OC1(OC(F)(F)F)C=CC(c2ccccc2)=C(C)C1)c1ccc(C(=O)NCCC(=O)O)cc1. The summed E-state index contributed by atoms with van der Waals surface area (Å²) in [5.41, 5.74) is 3.35. The van der Waals surface area contributed by atoms with Crippen molar-refractivity contribution in [2.24, 2.45) is 0 Å². The fraction of sp³-hybridized carbons (Fsp3) is 0.419. The Balaban J connectivity index is 1.86. The second kappa shape index (κ2) is 14.3. The topological polar surface area (TPSA) is 84.9 Å². The first-order valence-corrected chi connectivity index (χ1v) is 13.5. The number of benzene rings is 2. The normalized spacial score (nSPS) is 18.0. The van der Waals surface area contributed by atoms with Crippen molar-refractivity contribution in [3.63, 3.8) is 0 Å². The van der Waals surface area contributed by atoms with E-state index in [0.717, 1.165) is 36.8 Å². The Hall–Kier alpha value is -3.43. The van der Waals surface area contributed by atoms with Gasteiger partial charge in [0.2, 0.25) is 5.79 Å². The number of rotatable bonds is 14. The largest absolute Gasteiger partial charge is 0.525 e. The molecule has 3 rings (SSSR count). The lowest BCUT2D eigenvalue weighted by molar-refractivity contribution is -0.410. The Morgan fingerprint density at radius 1 is 1.05 bits per heavy atom. The Labute approximate surface area is 232 Å². The molecule has 0 radical (unpaired) electrons. The Morgan fingerprint density at radius 3 is 2.35 bits per heavy atom. The van der Waals surface area contributed by atoms with Gasteiger partial charge in [0.1, 0.15) is 0 Å². The zero-order chi connectivity index (χ0) is 29.2. The van der Waals surface area contributed by atoms with Crippen LogP contribution in [0.25, 0.3) is 5.57 Å². The fourth-order valence-corrected chi connectivity index (χ4v) is 4.73. The molecule has 0 aliphatic heterocycles. The van der Waals surface area contributed by atoms with Crippen LogP contribution in [0.2, 0.25) is 0 Å². The number of allylic oxidation sites excluding steroid dienone is 2. The van der Waals surface area contributed by atoms with Crippen molar-refractivity contribution in [3.05, 3.63) is 89.0 Å². The van der Waals surface area contributed by atoms with Gasteiger partial charge in [0.05, 0.1) is 12.5 Å². The summed E-state index contributed by atoms with van der Waals surface area (Å²) < 4.78 is 52.0. The molecule has 2 aromatic rings. The molecular formula is C31H36F3NO5. The van der Waals surface area contributed by atoms with Crippen molar-refractivity contribution >= 4 is 17.4 Å². The molecule has 0 aromatic heterocycles. The number of hydrogen-bond acceptors (Lipinski definition) is 4. The summed E-state index contributed by atoms with van der Waals surface area (Å²) in [7, 11) is 0. The molecule has 2 unspecified atom stereocenters. The van der Waals surface area contributed by atoms with Gasteiger partial charge in [-0.2, -0.15) is 0 Å². The van der Waals surface area contributed by atoms with E-state index in [1.54, 1.807) is 37.3 Å². The van der Waals surface area contributed by atoms with E-state index in [0.29, 0.717) is 23.1 Å². The van der Waals surface area contributed by atoms with Crippen molar-refractivity contribution in [2.45, 2.75) is 77.0 Å². The Morgan fingerprint density at radius 2 is 1.75 bits per heavy atom. The fourth-order valence-electron chi connectivity index (χ4n) is 4.73. The van der Waals surface area contributed by atoms with Crippen LogP contribution in [-0.2, 0) is 14.3 Å². The van der Waals surface area contributed by atoms with Gasteiger partial charge in [0.25, 0.3) is 5.91 Å². The number of carbonyl (C=O) groups is 2. The van der Waals surface area contributed by atoms with Crippen LogP contribution in [0.5, 0.6) is 0 Å². The highest BCUT2D eigenvalue weighted by Crippen LogP contribution is 2.42. The van der Waals surface area contributed by atoms with Crippen LogP contribution in [0.1, 0.15) is 86.4 Å². The van der Waals surface area contributed by atoms with Gasteiger partial charge in [-0.25, -0.2) is 0 Å². The van der Waals surface area contributed by atoms with E-state index < -0.39 is 30.1 Å². The molecule has 2 N–H and O–H groups in total. The lowest BCUT2D eigenvalue weighted by atomic mass is 9.89. The first-order valence-electron chi connectivity index (χ1n) is 13.5. The van der Waals surface area contributed by atoms with Gasteiger partial charge in [-0.3, -0.25) is 14.3 Å².